The Morgan fingerprint density at radius 3 is 1.67 bits per heavy atom. The van der Waals surface area contributed by atoms with E-state index in [9.17, 15) is 0 Å². The molecule has 0 saturated heterocycles. The van der Waals surface area contributed by atoms with Gasteiger partial charge in [0.25, 0.3) is 0 Å². The van der Waals surface area contributed by atoms with Crippen molar-refractivity contribution in [3.8, 4) is 0 Å². The van der Waals surface area contributed by atoms with Gasteiger partial charge in [-0.15, -0.1) is 0 Å². The average Bonchev–Trinajstić information content (AvgIpc) is 2.04. The monoisotopic (exact) mass is 274 g/mol. The molecule has 0 saturated carbocycles. The molecular weight excluding hydrogens is 259 g/mol. The van der Waals surface area contributed by atoms with Gasteiger partial charge in [-0.1, -0.05) is 60.7 Å². The lowest BCUT2D eigenvalue weighted by Crippen LogP contribution is -1.88. The van der Waals surface area contributed by atoms with Gasteiger partial charge in [0.05, 0.1) is 0 Å². The summed E-state index contributed by atoms with van der Waals surface area (Å²) in [5.74, 6) is 0.642. The van der Waals surface area contributed by atoms with Gasteiger partial charge >= 0.3 is 0 Å². The molecule has 0 amide bonds. The van der Waals surface area contributed by atoms with Gasteiger partial charge in [-0.05, 0) is 24.0 Å². The molecule has 1 aromatic carbocycles. The minimum atomic E-state index is 0.615. The van der Waals surface area contributed by atoms with Gasteiger partial charge in [0.1, 0.15) is 0 Å². The van der Waals surface area contributed by atoms with Crippen LogP contribution in [-0.2, 0) is 0 Å². The van der Waals surface area contributed by atoms with Gasteiger partial charge in [0.15, 0.2) is 0 Å². The Kier molecular flexibility index (Phi) is 3.56. The Labute approximate surface area is 88.5 Å². The maximum absolute atomic E-state index is 2.44. The SMILES string of the molecule is CC(C)c1ccc([C@H](C)I)cc1. The fourth-order valence-corrected chi connectivity index (χ4v) is 1.56. The highest BCUT2D eigenvalue weighted by molar-refractivity contribution is 14.1. The van der Waals surface area contributed by atoms with Crippen molar-refractivity contribution >= 4 is 22.6 Å². The van der Waals surface area contributed by atoms with E-state index < -0.39 is 0 Å². The lowest BCUT2D eigenvalue weighted by molar-refractivity contribution is 0.865. The van der Waals surface area contributed by atoms with Crippen molar-refractivity contribution in [3.63, 3.8) is 0 Å². The number of hydrogen-bond donors (Lipinski definition) is 0. The van der Waals surface area contributed by atoms with E-state index in [0.29, 0.717) is 9.84 Å². The average molecular weight is 274 g/mol. The first-order chi connectivity index (χ1) is 5.61. The maximum atomic E-state index is 2.44. The molecule has 0 aliphatic carbocycles. The highest BCUT2D eigenvalue weighted by Crippen LogP contribution is 2.24. The third kappa shape index (κ3) is 2.47. The quantitative estimate of drug-likeness (QED) is 0.557. The zero-order valence-corrected chi connectivity index (χ0v) is 10.00. The van der Waals surface area contributed by atoms with Crippen molar-refractivity contribution in [1.29, 1.82) is 0 Å². The van der Waals surface area contributed by atoms with Crippen LogP contribution in [0.4, 0.5) is 0 Å². The molecule has 0 unspecified atom stereocenters. The molecule has 66 valence electrons. The molecule has 12 heavy (non-hydrogen) atoms. The van der Waals surface area contributed by atoms with Gasteiger partial charge < -0.3 is 0 Å². The molecule has 1 aromatic rings. The second-order valence-electron chi connectivity index (χ2n) is 3.44. The topological polar surface area (TPSA) is 0 Å². The summed E-state index contributed by atoms with van der Waals surface area (Å²) < 4.78 is 0.615. The molecule has 1 heteroatoms. The van der Waals surface area contributed by atoms with Gasteiger partial charge in [-0.25, -0.2) is 0 Å². The Hall–Kier alpha value is -0.0500. The van der Waals surface area contributed by atoms with Crippen LogP contribution >= 0.6 is 22.6 Å². The van der Waals surface area contributed by atoms with Crippen LogP contribution in [-0.4, -0.2) is 0 Å². The fourth-order valence-electron chi connectivity index (χ4n) is 1.15. The summed E-state index contributed by atoms with van der Waals surface area (Å²) in [7, 11) is 0. The Morgan fingerprint density at radius 2 is 1.33 bits per heavy atom. The van der Waals surface area contributed by atoms with E-state index in [1.54, 1.807) is 0 Å². The van der Waals surface area contributed by atoms with Crippen LogP contribution in [0.2, 0.25) is 0 Å². The summed E-state index contributed by atoms with van der Waals surface area (Å²) in [5, 5.41) is 0. The molecule has 0 N–H and O–H groups in total. The Balaban J connectivity index is 2.86. The van der Waals surface area contributed by atoms with Gasteiger partial charge in [0, 0.05) is 3.92 Å². The van der Waals surface area contributed by atoms with Gasteiger partial charge in [-0.3, -0.25) is 0 Å². The molecule has 0 heterocycles. The molecular formula is C11H15I. The largest absolute Gasteiger partial charge is 0.0777 e. The molecule has 0 aliphatic rings. The minimum absolute atomic E-state index is 0.615. The normalized spacial score (nSPS) is 13.4. The van der Waals surface area contributed by atoms with Crippen LogP contribution in [0, 0.1) is 0 Å². The fraction of sp³-hybridized carbons (Fsp3) is 0.455. The van der Waals surface area contributed by atoms with Crippen molar-refractivity contribution in [3.05, 3.63) is 35.4 Å². The highest BCUT2D eigenvalue weighted by Gasteiger charge is 2.01. The lowest BCUT2D eigenvalue weighted by Gasteiger charge is -2.07. The smallest absolute Gasteiger partial charge is 0.0331 e. The molecule has 0 aromatic heterocycles. The van der Waals surface area contributed by atoms with Crippen LogP contribution in [0.25, 0.3) is 0 Å². The van der Waals surface area contributed by atoms with Crippen LogP contribution in [0.15, 0.2) is 24.3 Å². The summed E-state index contributed by atoms with van der Waals surface area (Å²) in [6, 6.07) is 8.92. The van der Waals surface area contributed by atoms with Gasteiger partial charge in [-0.2, -0.15) is 0 Å². The molecule has 0 aliphatic heterocycles. The standard InChI is InChI=1S/C11H15I/c1-8(2)10-4-6-11(7-5-10)9(3)12/h4-9H,1-3H3/t9-/m0/s1. The lowest BCUT2D eigenvalue weighted by atomic mass is 10.0. The second-order valence-corrected chi connectivity index (χ2v) is 5.31. The molecule has 0 bridgehead atoms. The molecule has 1 rings (SSSR count). The van der Waals surface area contributed by atoms with E-state index in [2.05, 4.69) is 67.6 Å². The predicted octanol–water partition coefficient (Wildman–Crippen LogP) is 4.31. The van der Waals surface area contributed by atoms with Gasteiger partial charge in [0.2, 0.25) is 0 Å². The minimum Gasteiger partial charge on any atom is -0.0777 e. The van der Waals surface area contributed by atoms with Crippen LogP contribution in [0.1, 0.15) is 41.7 Å². The van der Waals surface area contributed by atoms with Crippen LogP contribution < -0.4 is 0 Å². The number of alkyl halides is 1. The first kappa shape index (κ1) is 10.0. The zero-order valence-electron chi connectivity index (χ0n) is 7.84. The number of rotatable bonds is 2. The summed E-state index contributed by atoms with van der Waals surface area (Å²) in [5.41, 5.74) is 2.84. The summed E-state index contributed by atoms with van der Waals surface area (Å²) >= 11 is 2.44. The summed E-state index contributed by atoms with van der Waals surface area (Å²) in [6.07, 6.45) is 0. The van der Waals surface area contributed by atoms with Crippen molar-refractivity contribution in [2.75, 3.05) is 0 Å². The first-order valence-corrected chi connectivity index (χ1v) is 5.59. The molecule has 0 spiro atoms. The Morgan fingerprint density at radius 1 is 0.917 bits per heavy atom. The third-order valence-corrected chi connectivity index (χ3v) is 2.78. The summed E-state index contributed by atoms with van der Waals surface area (Å²) in [4.78, 5) is 0. The van der Waals surface area contributed by atoms with E-state index in [1.807, 2.05) is 0 Å². The molecule has 0 radical (unpaired) electrons. The van der Waals surface area contributed by atoms with E-state index in [1.165, 1.54) is 11.1 Å². The van der Waals surface area contributed by atoms with E-state index in [0.717, 1.165) is 0 Å². The van der Waals surface area contributed by atoms with Crippen LogP contribution in [0.5, 0.6) is 0 Å². The molecule has 0 fully saturated rings. The van der Waals surface area contributed by atoms with Crippen molar-refractivity contribution in [1.82, 2.24) is 0 Å². The van der Waals surface area contributed by atoms with E-state index >= 15 is 0 Å². The van der Waals surface area contributed by atoms with E-state index in [4.69, 9.17) is 0 Å². The predicted molar refractivity (Wildman–Crippen MR) is 63.0 cm³/mol. The second kappa shape index (κ2) is 4.26. The molecule has 0 nitrogen and oxygen atoms in total. The zero-order chi connectivity index (χ0) is 9.14. The van der Waals surface area contributed by atoms with Crippen molar-refractivity contribution in [2.45, 2.75) is 30.6 Å². The third-order valence-electron chi connectivity index (χ3n) is 2.06. The maximum Gasteiger partial charge on any atom is 0.0331 e. The summed E-state index contributed by atoms with van der Waals surface area (Å²) in [6.45, 7) is 6.66. The number of halogens is 1. The Bertz CT molecular complexity index is 207. The number of hydrogen-bond acceptors (Lipinski definition) is 0. The highest BCUT2D eigenvalue weighted by atomic mass is 127. The number of benzene rings is 1. The van der Waals surface area contributed by atoms with Crippen LogP contribution in [0.3, 0.4) is 0 Å². The van der Waals surface area contributed by atoms with Crippen molar-refractivity contribution in [2.24, 2.45) is 0 Å². The van der Waals surface area contributed by atoms with Crippen molar-refractivity contribution < 1.29 is 0 Å². The molecule has 1 atom stereocenters. The first-order valence-electron chi connectivity index (χ1n) is 4.35. The van der Waals surface area contributed by atoms with E-state index in [-0.39, 0.29) is 0 Å².